The number of rotatable bonds is 0. The highest BCUT2D eigenvalue weighted by molar-refractivity contribution is 5.75. The van der Waals surface area contributed by atoms with Gasteiger partial charge in [-0.15, -0.1) is 0 Å². The minimum absolute atomic E-state index is 0.00634. The molecule has 1 aromatic carbocycles. The normalized spacial score (nSPS) is 13.0. The van der Waals surface area contributed by atoms with E-state index in [1.54, 1.807) is 12.1 Å². The van der Waals surface area contributed by atoms with E-state index < -0.39 is 0 Å². The summed E-state index contributed by atoms with van der Waals surface area (Å²) in [5.41, 5.74) is 0.645. The molecular weight excluding hydrogens is 208 g/mol. The van der Waals surface area contributed by atoms with Gasteiger partial charge in [-0.3, -0.25) is 4.79 Å². The Labute approximate surface area is 91.3 Å². The molecule has 2 aromatic rings. The molecule has 16 heavy (non-hydrogen) atoms. The van der Waals surface area contributed by atoms with Crippen molar-refractivity contribution in [2.24, 2.45) is 10.4 Å². The van der Waals surface area contributed by atoms with Crippen LogP contribution in [0, 0.1) is 0 Å². The minimum Gasteiger partial charge on any atom is -0.464 e. The van der Waals surface area contributed by atoms with Crippen LogP contribution >= 0.6 is 0 Å². The molecule has 82 valence electrons. The van der Waals surface area contributed by atoms with Gasteiger partial charge in [0.05, 0.1) is 11.6 Å². The van der Waals surface area contributed by atoms with Crippen LogP contribution in [0.3, 0.4) is 0 Å². The third-order valence-corrected chi connectivity index (χ3v) is 1.96. The molecule has 0 saturated heterocycles. The predicted octanol–water partition coefficient (Wildman–Crippen LogP) is 2.18. The lowest BCUT2D eigenvalue weighted by atomic mass is 10.2. The van der Waals surface area contributed by atoms with Crippen LogP contribution in [0.2, 0.25) is 0 Å². The van der Waals surface area contributed by atoms with E-state index >= 15 is 0 Å². The molecule has 0 aliphatic carbocycles. The first-order valence-corrected chi connectivity index (χ1v) is 4.83. The van der Waals surface area contributed by atoms with Crippen molar-refractivity contribution >= 4 is 11.0 Å². The van der Waals surface area contributed by atoms with Gasteiger partial charge < -0.3 is 9.25 Å². The molecule has 5 nitrogen and oxygen atoms in total. The summed E-state index contributed by atoms with van der Waals surface area (Å²) >= 11 is 0. The number of hydrogen-bond donors (Lipinski definition) is 0. The standard InChI is InChI=1S/C9H6O2.C2H4N2O/c10-8-5-6-11-9-4-2-1-3-7(8)9;1-2-5-4-3-1/h1-6H;1-2H2. The summed E-state index contributed by atoms with van der Waals surface area (Å²) < 4.78 is 5.09. The van der Waals surface area contributed by atoms with Crippen LogP contribution in [0.25, 0.3) is 11.0 Å². The second-order valence-corrected chi connectivity index (χ2v) is 3.06. The lowest BCUT2D eigenvalue weighted by Gasteiger charge is -1.91. The summed E-state index contributed by atoms with van der Waals surface area (Å²) in [6.07, 6.45) is 1.41. The average Bonchev–Trinajstić information content (AvgIpc) is 2.88. The van der Waals surface area contributed by atoms with Crippen LogP contribution in [-0.2, 0) is 4.84 Å². The topological polar surface area (TPSA) is 64.2 Å². The van der Waals surface area contributed by atoms with Crippen molar-refractivity contribution in [1.82, 2.24) is 0 Å². The molecule has 0 radical (unpaired) electrons. The van der Waals surface area contributed by atoms with Gasteiger partial charge in [0.15, 0.2) is 5.43 Å². The van der Waals surface area contributed by atoms with E-state index in [0.717, 1.165) is 6.54 Å². The number of benzene rings is 1. The van der Waals surface area contributed by atoms with E-state index in [1.165, 1.54) is 12.3 Å². The lowest BCUT2D eigenvalue weighted by molar-refractivity contribution is 0.174. The Morgan fingerprint density at radius 1 is 1.19 bits per heavy atom. The zero-order valence-electron chi connectivity index (χ0n) is 8.50. The third kappa shape index (κ3) is 2.44. The van der Waals surface area contributed by atoms with E-state index in [1.807, 2.05) is 12.1 Å². The fraction of sp³-hybridized carbons (Fsp3) is 0.182. The van der Waals surface area contributed by atoms with Gasteiger partial charge >= 0.3 is 0 Å². The molecule has 2 heterocycles. The lowest BCUT2D eigenvalue weighted by Crippen LogP contribution is -1.96. The van der Waals surface area contributed by atoms with E-state index in [2.05, 4.69) is 15.2 Å². The van der Waals surface area contributed by atoms with Crippen molar-refractivity contribution < 1.29 is 9.25 Å². The summed E-state index contributed by atoms with van der Waals surface area (Å²) in [6, 6.07) is 8.60. The maximum Gasteiger partial charge on any atom is 0.192 e. The van der Waals surface area contributed by atoms with Crippen LogP contribution in [0.5, 0.6) is 0 Å². The van der Waals surface area contributed by atoms with Gasteiger partial charge in [-0.2, -0.15) is 5.11 Å². The molecule has 0 N–H and O–H groups in total. The highest BCUT2D eigenvalue weighted by atomic mass is 16.6. The van der Waals surface area contributed by atoms with E-state index in [9.17, 15) is 4.79 Å². The Morgan fingerprint density at radius 2 is 2.06 bits per heavy atom. The third-order valence-electron chi connectivity index (χ3n) is 1.96. The zero-order chi connectivity index (χ0) is 11.2. The van der Waals surface area contributed by atoms with Crippen molar-refractivity contribution in [3.63, 3.8) is 0 Å². The van der Waals surface area contributed by atoms with Crippen molar-refractivity contribution in [3.8, 4) is 0 Å². The molecule has 0 unspecified atom stereocenters. The molecule has 1 aromatic heterocycles. The van der Waals surface area contributed by atoms with Crippen molar-refractivity contribution in [3.05, 3.63) is 46.8 Å². The van der Waals surface area contributed by atoms with Crippen LogP contribution in [0.4, 0.5) is 0 Å². The smallest absolute Gasteiger partial charge is 0.192 e. The molecule has 0 atom stereocenters. The summed E-state index contributed by atoms with van der Waals surface area (Å²) in [5.74, 6) is 0. The zero-order valence-corrected chi connectivity index (χ0v) is 8.50. The average molecular weight is 218 g/mol. The first-order chi connectivity index (χ1) is 7.88. The second kappa shape index (κ2) is 5.06. The number of nitrogens with zero attached hydrogens (tertiary/aromatic N) is 2. The highest BCUT2D eigenvalue weighted by Crippen LogP contribution is 2.06. The Balaban J connectivity index is 0.000000162. The SMILES string of the molecule is C1CON=N1.O=c1ccoc2ccccc12. The Bertz CT molecular complexity index is 537. The molecule has 1 aliphatic heterocycles. The predicted molar refractivity (Wildman–Crippen MR) is 58.2 cm³/mol. The maximum atomic E-state index is 11.1. The molecule has 0 amide bonds. The van der Waals surface area contributed by atoms with Gasteiger partial charge in [0.1, 0.15) is 18.7 Å². The molecule has 1 aliphatic rings. The van der Waals surface area contributed by atoms with E-state index in [0.29, 0.717) is 17.6 Å². The Morgan fingerprint density at radius 3 is 2.69 bits per heavy atom. The van der Waals surface area contributed by atoms with Crippen molar-refractivity contribution in [2.75, 3.05) is 13.2 Å². The number of para-hydroxylation sites is 1. The number of hydrogen-bond acceptors (Lipinski definition) is 5. The molecule has 0 bridgehead atoms. The van der Waals surface area contributed by atoms with Gasteiger partial charge in [0.25, 0.3) is 0 Å². The molecule has 0 fully saturated rings. The Hall–Kier alpha value is -2.17. The van der Waals surface area contributed by atoms with Crippen LogP contribution in [0.15, 0.2) is 56.2 Å². The van der Waals surface area contributed by atoms with Gasteiger partial charge in [0.2, 0.25) is 0 Å². The minimum atomic E-state index is 0.00634. The summed E-state index contributed by atoms with van der Waals surface area (Å²) in [7, 11) is 0. The van der Waals surface area contributed by atoms with Gasteiger partial charge in [-0.05, 0) is 12.1 Å². The Kier molecular flexibility index (Phi) is 3.28. The van der Waals surface area contributed by atoms with Crippen LogP contribution in [0.1, 0.15) is 0 Å². The van der Waals surface area contributed by atoms with Crippen molar-refractivity contribution in [1.29, 1.82) is 0 Å². The van der Waals surface area contributed by atoms with Gasteiger partial charge in [-0.25, -0.2) is 0 Å². The quantitative estimate of drug-likeness (QED) is 0.680. The molecule has 0 spiro atoms. The van der Waals surface area contributed by atoms with Crippen molar-refractivity contribution in [2.45, 2.75) is 0 Å². The highest BCUT2D eigenvalue weighted by Gasteiger charge is 1.95. The fourth-order valence-corrected chi connectivity index (χ4v) is 1.24. The number of fused-ring (bicyclic) bond motifs is 1. The largest absolute Gasteiger partial charge is 0.464 e. The van der Waals surface area contributed by atoms with Gasteiger partial charge in [-0.1, -0.05) is 12.1 Å². The fourth-order valence-electron chi connectivity index (χ4n) is 1.24. The van der Waals surface area contributed by atoms with E-state index in [4.69, 9.17) is 4.42 Å². The summed E-state index contributed by atoms with van der Waals surface area (Å²) in [4.78, 5) is 15.5. The van der Waals surface area contributed by atoms with Gasteiger partial charge in [0, 0.05) is 11.3 Å². The monoisotopic (exact) mass is 218 g/mol. The second-order valence-electron chi connectivity index (χ2n) is 3.06. The first kappa shape index (κ1) is 10.4. The molecule has 3 rings (SSSR count). The maximum absolute atomic E-state index is 11.1. The first-order valence-electron chi connectivity index (χ1n) is 4.83. The molecular formula is C11H10N2O3. The van der Waals surface area contributed by atoms with Crippen LogP contribution < -0.4 is 5.43 Å². The van der Waals surface area contributed by atoms with E-state index in [-0.39, 0.29) is 5.43 Å². The summed E-state index contributed by atoms with van der Waals surface area (Å²) in [6.45, 7) is 1.40. The van der Waals surface area contributed by atoms with Crippen LogP contribution in [-0.4, -0.2) is 13.2 Å². The summed E-state index contributed by atoms with van der Waals surface area (Å²) in [5, 5.41) is 7.33. The molecule has 0 saturated carbocycles. The molecule has 5 heteroatoms.